The van der Waals surface area contributed by atoms with E-state index in [-0.39, 0.29) is 23.2 Å². The molecule has 1 aliphatic rings. The molecule has 1 fully saturated rings. The molecule has 116 valence electrons. The van der Waals surface area contributed by atoms with E-state index >= 15 is 0 Å². The molecule has 8 heteroatoms. The van der Waals surface area contributed by atoms with E-state index in [1.807, 2.05) is 0 Å². The van der Waals surface area contributed by atoms with Crippen LogP contribution in [0.2, 0.25) is 0 Å². The molecule has 1 atom stereocenters. The predicted octanol–water partition coefficient (Wildman–Crippen LogP) is 1.75. The van der Waals surface area contributed by atoms with E-state index in [1.54, 1.807) is 6.92 Å². The van der Waals surface area contributed by atoms with Crippen LogP contribution in [0, 0.1) is 11.6 Å². The maximum Gasteiger partial charge on any atom is 0.230 e. The number of carbonyl (C=O) groups excluding carboxylic acids is 1. The third kappa shape index (κ3) is 4.41. The Morgan fingerprint density at radius 2 is 2.10 bits per heavy atom. The fourth-order valence-corrected chi connectivity index (χ4v) is 5.01. The largest absolute Gasteiger partial charge is 0.349 e. The van der Waals surface area contributed by atoms with Crippen molar-refractivity contribution in [3.05, 3.63) is 29.8 Å². The zero-order valence-electron chi connectivity index (χ0n) is 11.4. The van der Waals surface area contributed by atoms with Gasteiger partial charge in [0.2, 0.25) is 5.91 Å². The molecule has 1 aromatic rings. The van der Waals surface area contributed by atoms with Crippen LogP contribution in [0.4, 0.5) is 8.78 Å². The molecule has 4 nitrogen and oxygen atoms in total. The number of hydrogen-bond acceptors (Lipinski definition) is 4. The summed E-state index contributed by atoms with van der Waals surface area (Å²) in [6.45, 7) is 1.69. The molecule has 1 heterocycles. The zero-order chi connectivity index (χ0) is 15.7. The predicted molar refractivity (Wildman–Crippen MR) is 76.9 cm³/mol. The molecule has 2 rings (SSSR count). The number of hydrogen-bond donors (Lipinski definition) is 1. The Bertz CT molecular complexity index is 663. The average Bonchev–Trinajstić information content (AvgIpc) is 2.65. The fourth-order valence-electron chi connectivity index (χ4n) is 2.20. The summed E-state index contributed by atoms with van der Waals surface area (Å²) in [5.74, 6) is -2.21. The number of sulfone groups is 1. The molecule has 1 saturated heterocycles. The topological polar surface area (TPSA) is 63.2 Å². The molecule has 0 unspecified atom stereocenters. The van der Waals surface area contributed by atoms with E-state index in [0.29, 0.717) is 11.3 Å². The van der Waals surface area contributed by atoms with Crippen molar-refractivity contribution in [3.63, 3.8) is 0 Å². The number of amides is 1. The lowest BCUT2D eigenvalue weighted by Gasteiger charge is -2.23. The van der Waals surface area contributed by atoms with Gasteiger partial charge in [-0.15, -0.1) is 11.8 Å². The second-order valence-electron chi connectivity index (χ2n) is 5.32. The molecule has 0 spiro atoms. The van der Waals surface area contributed by atoms with Gasteiger partial charge in [-0.3, -0.25) is 4.79 Å². The van der Waals surface area contributed by atoms with Crippen LogP contribution < -0.4 is 5.32 Å². The fraction of sp³-hybridized carbons (Fsp3) is 0.462. The van der Waals surface area contributed by atoms with Crippen molar-refractivity contribution in [1.29, 1.82) is 0 Å². The van der Waals surface area contributed by atoms with Gasteiger partial charge < -0.3 is 5.32 Å². The lowest BCUT2D eigenvalue weighted by molar-refractivity contribution is -0.120. The number of rotatable bonds is 4. The van der Waals surface area contributed by atoms with Gasteiger partial charge in [-0.1, -0.05) is 0 Å². The number of halogens is 2. The van der Waals surface area contributed by atoms with Gasteiger partial charge in [0.15, 0.2) is 21.5 Å². The molecular weight excluding hydrogens is 320 g/mol. The van der Waals surface area contributed by atoms with Crippen LogP contribution in [0.5, 0.6) is 0 Å². The monoisotopic (exact) mass is 335 g/mol. The molecule has 0 aromatic heterocycles. The molecule has 1 aliphatic heterocycles. The Labute approximate surface area is 126 Å². The first-order chi connectivity index (χ1) is 9.69. The number of carbonyl (C=O) groups is 1. The van der Waals surface area contributed by atoms with Crippen molar-refractivity contribution in [1.82, 2.24) is 5.32 Å². The summed E-state index contributed by atoms with van der Waals surface area (Å²) >= 11 is 1.07. The van der Waals surface area contributed by atoms with Gasteiger partial charge in [0.1, 0.15) is 0 Å². The molecule has 1 N–H and O–H groups in total. The third-order valence-corrected chi connectivity index (χ3v) is 6.10. The van der Waals surface area contributed by atoms with E-state index in [4.69, 9.17) is 0 Å². The van der Waals surface area contributed by atoms with Crippen molar-refractivity contribution in [2.45, 2.75) is 23.8 Å². The maximum atomic E-state index is 13.0. The first kappa shape index (κ1) is 16.2. The minimum Gasteiger partial charge on any atom is -0.349 e. The van der Waals surface area contributed by atoms with Gasteiger partial charge in [-0.2, -0.15) is 0 Å². The zero-order valence-corrected chi connectivity index (χ0v) is 13.0. The molecule has 0 saturated carbocycles. The third-order valence-electron chi connectivity index (χ3n) is 3.21. The van der Waals surface area contributed by atoms with Gasteiger partial charge >= 0.3 is 0 Å². The Hall–Kier alpha value is -1.15. The summed E-state index contributed by atoms with van der Waals surface area (Å²) in [4.78, 5) is 12.3. The van der Waals surface area contributed by atoms with E-state index in [1.165, 1.54) is 6.07 Å². The highest BCUT2D eigenvalue weighted by Gasteiger charge is 2.39. The minimum absolute atomic E-state index is 0.0146. The summed E-state index contributed by atoms with van der Waals surface area (Å²) < 4.78 is 48.7. The Morgan fingerprint density at radius 3 is 2.67 bits per heavy atom. The first-order valence-electron chi connectivity index (χ1n) is 6.28. The van der Waals surface area contributed by atoms with Crippen molar-refractivity contribution in [2.24, 2.45) is 0 Å². The molecule has 0 bridgehead atoms. The molecular formula is C13H15F2NO3S2. The molecule has 0 radical (unpaired) electrons. The summed E-state index contributed by atoms with van der Waals surface area (Å²) in [5.41, 5.74) is -0.746. The lowest BCUT2D eigenvalue weighted by Crippen LogP contribution is -2.47. The quantitative estimate of drug-likeness (QED) is 0.852. The standard InChI is InChI=1S/C13H15F2NO3S2/c1-13(4-5-21(18,19)8-13)16-12(17)7-20-9-2-3-10(14)11(15)6-9/h2-3,6H,4-5,7-8H2,1H3,(H,16,17)/t13-/m0/s1. The van der Waals surface area contributed by atoms with E-state index in [0.717, 1.165) is 23.9 Å². The van der Waals surface area contributed by atoms with Crippen LogP contribution in [-0.2, 0) is 14.6 Å². The molecule has 1 aromatic carbocycles. The summed E-state index contributed by atoms with van der Waals surface area (Å²) in [7, 11) is -3.09. The highest BCUT2D eigenvalue weighted by Crippen LogP contribution is 2.24. The lowest BCUT2D eigenvalue weighted by atomic mass is 10.0. The van der Waals surface area contributed by atoms with Gasteiger partial charge in [0.05, 0.1) is 22.8 Å². The van der Waals surface area contributed by atoms with Crippen LogP contribution in [0.3, 0.4) is 0 Å². The molecule has 0 aliphatic carbocycles. The van der Waals surface area contributed by atoms with Gasteiger partial charge in [0, 0.05) is 4.90 Å². The van der Waals surface area contributed by atoms with Crippen LogP contribution in [0.15, 0.2) is 23.1 Å². The van der Waals surface area contributed by atoms with Crippen LogP contribution in [-0.4, -0.2) is 37.1 Å². The number of benzene rings is 1. The molecule has 21 heavy (non-hydrogen) atoms. The highest BCUT2D eigenvalue weighted by molar-refractivity contribution is 8.00. The second kappa shape index (κ2) is 5.92. The maximum absolute atomic E-state index is 13.0. The second-order valence-corrected chi connectivity index (χ2v) is 8.55. The van der Waals surface area contributed by atoms with E-state index < -0.39 is 27.0 Å². The molecule has 1 amide bonds. The normalized spacial score (nSPS) is 24.0. The van der Waals surface area contributed by atoms with Crippen LogP contribution in [0.1, 0.15) is 13.3 Å². The number of thioether (sulfide) groups is 1. The number of nitrogens with one attached hydrogen (secondary N) is 1. The van der Waals surface area contributed by atoms with Gasteiger partial charge in [0.25, 0.3) is 0 Å². The average molecular weight is 335 g/mol. The summed E-state index contributed by atoms with van der Waals surface area (Å²) in [6.07, 6.45) is 0.386. The summed E-state index contributed by atoms with van der Waals surface area (Å²) in [6, 6.07) is 3.41. The smallest absolute Gasteiger partial charge is 0.230 e. The Kier molecular flexibility index (Phi) is 4.57. The minimum atomic E-state index is -3.09. The SMILES string of the molecule is C[C@]1(NC(=O)CSc2ccc(F)c(F)c2)CCS(=O)(=O)C1. The summed E-state index contributed by atoms with van der Waals surface area (Å²) in [5, 5.41) is 2.70. The van der Waals surface area contributed by atoms with E-state index in [9.17, 15) is 22.0 Å². The Balaban J connectivity index is 1.89. The van der Waals surface area contributed by atoms with Crippen molar-refractivity contribution >= 4 is 27.5 Å². The van der Waals surface area contributed by atoms with Crippen molar-refractivity contribution in [3.8, 4) is 0 Å². The highest BCUT2D eigenvalue weighted by atomic mass is 32.2. The van der Waals surface area contributed by atoms with Crippen molar-refractivity contribution < 1.29 is 22.0 Å². The van der Waals surface area contributed by atoms with Crippen LogP contribution in [0.25, 0.3) is 0 Å². The van der Waals surface area contributed by atoms with Gasteiger partial charge in [-0.25, -0.2) is 17.2 Å². The van der Waals surface area contributed by atoms with E-state index in [2.05, 4.69) is 5.32 Å². The van der Waals surface area contributed by atoms with Crippen LogP contribution >= 0.6 is 11.8 Å². The first-order valence-corrected chi connectivity index (χ1v) is 9.09. The van der Waals surface area contributed by atoms with Gasteiger partial charge in [-0.05, 0) is 31.5 Å². The Morgan fingerprint density at radius 1 is 1.38 bits per heavy atom. The van der Waals surface area contributed by atoms with Crippen molar-refractivity contribution in [2.75, 3.05) is 17.3 Å².